The number of hydrogen-bond acceptors (Lipinski definition) is 2. The predicted octanol–water partition coefficient (Wildman–Crippen LogP) is 5.50. The summed E-state index contributed by atoms with van der Waals surface area (Å²) in [6, 6.07) is 0. The van der Waals surface area contributed by atoms with E-state index in [2.05, 4.69) is 60.8 Å². The third-order valence-electron chi connectivity index (χ3n) is 6.01. The highest BCUT2D eigenvalue weighted by Gasteiger charge is 2.51. The molecule has 0 spiro atoms. The van der Waals surface area contributed by atoms with E-state index < -0.39 is 0 Å². The molecule has 2 rings (SSSR count). The Morgan fingerprint density at radius 3 is 2.30 bits per heavy atom. The lowest BCUT2D eigenvalue weighted by atomic mass is 9.73. The average Bonchev–Trinajstić information content (AvgIpc) is 2.66. The van der Waals surface area contributed by atoms with Gasteiger partial charge in [-0.1, -0.05) is 30.4 Å². The summed E-state index contributed by atoms with van der Waals surface area (Å²) in [4.78, 5) is 0. The van der Waals surface area contributed by atoms with Crippen LogP contribution in [-0.4, -0.2) is 18.3 Å². The molecule has 2 fully saturated rings. The SMILES string of the molecule is C=C(C)[C@H]1CCC(=C)[C@H](C/C=C(\C)B2OC(C)(C)C(C)(C)O2)C1. The second kappa shape index (κ2) is 6.60. The Kier molecular flexibility index (Phi) is 5.32. The van der Waals surface area contributed by atoms with Gasteiger partial charge in [0.2, 0.25) is 0 Å². The molecule has 1 saturated carbocycles. The molecule has 2 nitrogen and oxygen atoms in total. The lowest BCUT2D eigenvalue weighted by Crippen LogP contribution is -2.41. The Morgan fingerprint density at radius 1 is 1.22 bits per heavy atom. The highest BCUT2D eigenvalue weighted by atomic mass is 16.7. The van der Waals surface area contributed by atoms with E-state index >= 15 is 0 Å². The normalized spacial score (nSPS) is 30.6. The van der Waals surface area contributed by atoms with Gasteiger partial charge in [-0.3, -0.25) is 0 Å². The van der Waals surface area contributed by atoms with Crippen LogP contribution in [-0.2, 0) is 9.31 Å². The van der Waals surface area contributed by atoms with E-state index in [9.17, 15) is 0 Å². The van der Waals surface area contributed by atoms with E-state index in [0.717, 1.165) is 12.8 Å². The van der Waals surface area contributed by atoms with Gasteiger partial charge < -0.3 is 9.31 Å². The smallest absolute Gasteiger partial charge is 0.400 e. The topological polar surface area (TPSA) is 18.5 Å². The van der Waals surface area contributed by atoms with Crippen molar-refractivity contribution in [3.8, 4) is 0 Å². The molecule has 0 aromatic carbocycles. The Labute approximate surface area is 143 Å². The van der Waals surface area contributed by atoms with Crippen LogP contribution in [0.5, 0.6) is 0 Å². The molecular formula is C20H33BO2. The minimum atomic E-state index is -0.272. The second-order valence-electron chi connectivity index (χ2n) is 8.44. The van der Waals surface area contributed by atoms with Crippen molar-refractivity contribution in [1.82, 2.24) is 0 Å². The molecule has 0 amide bonds. The number of allylic oxidation sites excluding steroid dienone is 4. The first-order valence-corrected chi connectivity index (χ1v) is 8.89. The van der Waals surface area contributed by atoms with Gasteiger partial charge in [0.25, 0.3) is 0 Å². The Morgan fingerprint density at radius 2 is 1.78 bits per heavy atom. The predicted molar refractivity (Wildman–Crippen MR) is 99.2 cm³/mol. The third kappa shape index (κ3) is 4.00. The quantitative estimate of drug-likeness (QED) is 0.503. The molecule has 1 aliphatic carbocycles. The Bertz CT molecular complexity index is 500. The molecule has 1 aliphatic heterocycles. The first kappa shape index (κ1) is 18.5. The van der Waals surface area contributed by atoms with Crippen LogP contribution in [0.2, 0.25) is 0 Å². The van der Waals surface area contributed by atoms with Crippen LogP contribution in [0.1, 0.15) is 67.2 Å². The fraction of sp³-hybridized carbons (Fsp3) is 0.700. The number of hydrogen-bond donors (Lipinski definition) is 0. The van der Waals surface area contributed by atoms with Crippen molar-refractivity contribution in [1.29, 1.82) is 0 Å². The van der Waals surface area contributed by atoms with Crippen LogP contribution >= 0.6 is 0 Å². The largest absolute Gasteiger partial charge is 0.489 e. The first-order chi connectivity index (χ1) is 10.5. The maximum atomic E-state index is 6.12. The van der Waals surface area contributed by atoms with Crippen LogP contribution in [0.4, 0.5) is 0 Å². The van der Waals surface area contributed by atoms with Crippen molar-refractivity contribution < 1.29 is 9.31 Å². The minimum absolute atomic E-state index is 0.228. The van der Waals surface area contributed by atoms with Crippen LogP contribution in [0.25, 0.3) is 0 Å². The first-order valence-electron chi connectivity index (χ1n) is 8.89. The van der Waals surface area contributed by atoms with Crippen molar-refractivity contribution >= 4 is 7.12 Å². The van der Waals surface area contributed by atoms with Gasteiger partial charge >= 0.3 is 7.12 Å². The highest BCUT2D eigenvalue weighted by molar-refractivity contribution is 6.54. The van der Waals surface area contributed by atoms with Gasteiger partial charge in [-0.25, -0.2) is 0 Å². The van der Waals surface area contributed by atoms with E-state index in [-0.39, 0.29) is 18.3 Å². The van der Waals surface area contributed by atoms with Crippen molar-refractivity contribution in [3.63, 3.8) is 0 Å². The van der Waals surface area contributed by atoms with Gasteiger partial charge in [-0.2, -0.15) is 0 Å². The number of rotatable bonds is 4. The summed E-state index contributed by atoms with van der Waals surface area (Å²) in [5.41, 5.74) is 3.34. The molecule has 0 aromatic rings. The molecule has 23 heavy (non-hydrogen) atoms. The maximum Gasteiger partial charge on any atom is 0.489 e. The summed E-state index contributed by atoms with van der Waals surface area (Å²) in [6.45, 7) is 21.1. The zero-order valence-corrected chi connectivity index (χ0v) is 15.9. The molecule has 0 unspecified atom stereocenters. The van der Waals surface area contributed by atoms with Crippen LogP contribution in [0, 0.1) is 11.8 Å². The van der Waals surface area contributed by atoms with Gasteiger partial charge in [0.05, 0.1) is 11.2 Å². The standard InChI is InChI=1S/C20H33BO2/c1-14(2)17-11-9-15(3)18(13-17)12-10-16(4)21-22-19(5,6)20(7,8)23-21/h10,17-18H,1,3,9,11-13H2,2,4-8H3/b16-10+/t17-,18+/m0/s1. The van der Waals surface area contributed by atoms with E-state index in [1.54, 1.807) is 0 Å². The average molecular weight is 316 g/mol. The summed E-state index contributed by atoms with van der Waals surface area (Å²) in [7, 11) is -0.228. The molecular weight excluding hydrogens is 283 g/mol. The highest BCUT2D eigenvalue weighted by Crippen LogP contribution is 2.40. The van der Waals surface area contributed by atoms with Gasteiger partial charge in [0, 0.05) is 0 Å². The molecule has 0 radical (unpaired) electrons. The molecule has 2 atom stereocenters. The van der Waals surface area contributed by atoms with Crippen LogP contribution in [0.3, 0.4) is 0 Å². The van der Waals surface area contributed by atoms with E-state index in [4.69, 9.17) is 9.31 Å². The van der Waals surface area contributed by atoms with Crippen LogP contribution < -0.4 is 0 Å². The van der Waals surface area contributed by atoms with Gasteiger partial charge in [-0.15, -0.1) is 0 Å². The molecule has 1 saturated heterocycles. The van der Waals surface area contributed by atoms with Crippen molar-refractivity contribution in [2.75, 3.05) is 0 Å². The zero-order valence-electron chi connectivity index (χ0n) is 15.9. The summed E-state index contributed by atoms with van der Waals surface area (Å²) in [6.07, 6.45) is 6.84. The summed E-state index contributed by atoms with van der Waals surface area (Å²) in [5.74, 6) is 1.21. The minimum Gasteiger partial charge on any atom is -0.400 e. The van der Waals surface area contributed by atoms with Crippen molar-refractivity contribution in [2.24, 2.45) is 11.8 Å². The lowest BCUT2D eigenvalue weighted by molar-refractivity contribution is 0.00578. The van der Waals surface area contributed by atoms with Crippen molar-refractivity contribution in [2.45, 2.75) is 78.4 Å². The molecule has 0 bridgehead atoms. The molecule has 1 heterocycles. The van der Waals surface area contributed by atoms with Crippen LogP contribution in [0.15, 0.2) is 35.9 Å². The lowest BCUT2D eigenvalue weighted by Gasteiger charge is -2.32. The zero-order chi connectivity index (χ0) is 17.4. The fourth-order valence-corrected chi connectivity index (χ4v) is 3.36. The molecule has 0 aromatic heterocycles. The third-order valence-corrected chi connectivity index (χ3v) is 6.01. The van der Waals surface area contributed by atoms with E-state index in [1.807, 2.05) is 0 Å². The van der Waals surface area contributed by atoms with E-state index in [1.165, 1.54) is 29.5 Å². The monoisotopic (exact) mass is 316 g/mol. The molecule has 0 N–H and O–H groups in total. The molecule has 128 valence electrons. The maximum absolute atomic E-state index is 6.12. The fourth-order valence-electron chi connectivity index (χ4n) is 3.36. The molecule has 2 aliphatic rings. The molecule has 3 heteroatoms. The van der Waals surface area contributed by atoms with Gasteiger partial charge in [0.15, 0.2) is 0 Å². The van der Waals surface area contributed by atoms with Gasteiger partial charge in [-0.05, 0) is 84.5 Å². The Hall–Kier alpha value is -0.795. The Balaban J connectivity index is 1.99. The van der Waals surface area contributed by atoms with E-state index in [0.29, 0.717) is 11.8 Å². The summed E-state index contributed by atoms with van der Waals surface area (Å²) >= 11 is 0. The summed E-state index contributed by atoms with van der Waals surface area (Å²) in [5, 5.41) is 0. The summed E-state index contributed by atoms with van der Waals surface area (Å²) < 4.78 is 12.2. The van der Waals surface area contributed by atoms with Crippen molar-refractivity contribution in [3.05, 3.63) is 35.9 Å². The second-order valence-corrected chi connectivity index (χ2v) is 8.44. The van der Waals surface area contributed by atoms with Gasteiger partial charge in [0.1, 0.15) is 0 Å².